The van der Waals surface area contributed by atoms with Crippen molar-refractivity contribution in [3.8, 4) is 0 Å². The van der Waals surface area contributed by atoms with Crippen molar-refractivity contribution in [2.75, 3.05) is 18.0 Å². The van der Waals surface area contributed by atoms with E-state index in [1.807, 2.05) is 4.90 Å². The van der Waals surface area contributed by atoms with Gasteiger partial charge in [-0.2, -0.15) is 0 Å². The number of halogens is 2. The number of nitrogens with zero attached hydrogens (tertiary/aromatic N) is 3. The molecule has 13 heavy (non-hydrogen) atoms. The molecule has 1 aromatic heterocycles. The van der Waals surface area contributed by atoms with Crippen LogP contribution in [0, 0.1) is 5.82 Å². The van der Waals surface area contributed by atoms with E-state index in [9.17, 15) is 4.39 Å². The molecule has 1 atom stereocenters. The van der Waals surface area contributed by atoms with Crippen molar-refractivity contribution in [3.05, 3.63) is 18.2 Å². The van der Waals surface area contributed by atoms with E-state index in [2.05, 4.69) is 25.9 Å². The standard InChI is InChI=1S/C8H9BrFN3/c9-6-1-2-13(5-6)8-11-3-7(10)4-12-8/h3-4,6H,1-2,5H2. The molecule has 1 aromatic rings. The van der Waals surface area contributed by atoms with Gasteiger partial charge in [0.15, 0.2) is 5.82 Å². The van der Waals surface area contributed by atoms with Crippen molar-refractivity contribution >= 4 is 21.9 Å². The summed E-state index contributed by atoms with van der Waals surface area (Å²) in [5, 5.41) is 0. The first kappa shape index (κ1) is 8.87. The lowest BCUT2D eigenvalue weighted by Crippen LogP contribution is -2.21. The van der Waals surface area contributed by atoms with Crippen molar-refractivity contribution in [2.45, 2.75) is 11.2 Å². The highest BCUT2D eigenvalue weighted by Crippen LogP contribution is 2.20. The summed E-state index contributed by atoms with van der Waals surface area (Å²) in [6.45, 7) is 1.83. The summed E-state index contributed by atoms with van der Waals surface area (Å²) in [4.78, 5) is 10.4. The third kappa shape index (κ3) is 1.96. The normalized spacial score (nSPS) is 22.3. The molecule has 1 saturated heterocycles. The van der Waals surface area contributed by atoms with Crippen molar-refractivity contribution in [1.82, 2.24) is 9.97 Å². The minimum atomic E-state index is -0.390. The van der Waals surface area contributed by atoms with E-state index >= 15 is 0 Å². The van der Waals surface area contributed by atoms with E-state index in [0.717, 1.165) is 19.5 Å². The number of aromatic nitrogens is 2. The lowest BCUT2D eigenvalue weighted by Gasteiger charge is -2.14. The van der Waals surface area contributed by atoms with E-state index in [4.69, 9.17) is 0 Å². The Balaban J connectivity index is 2.13. The molecular formula is C8H9BrFN3. The first-order valence-corrected chi connectivity index (χ1v) is 5.04. The Morgan fingerprint density at radius 3 is 2.69 bits per heavy atom. The average molecular weight is 246 g/mol. The van der Waals surface area contributed by atoms with Gasteiger partial charge >= 0.3 is 0 Å². The van der Waals surface area contributed by atoms with Crippen molar-refractivity contribution in [3.63, 3.8) is 0 Å². The Kier molecular flexibility index (Phi) is 2.44. The van der Waals surface area contributed by atoms with E-state index < -0.39 is 5.82 Å². The summed E-state index contributed by atoms with van der Waals surface area (Å²) in [7, 11) is 0. The minimum absolute atomic E-state index is 0.390. The number of hydrogen-bond donors (Lipinski definition) is 0. The summed E-state index contributed by atoms with van der Waals surface area (Å²) in [6, 6.07) is 0. The van der Waals surface area contributed by atoms with E-state index in [1.165, 1.54) is 12.4 Å². The van der Waals surface area contributed by atoms with Crippen LogP contribution in [-0.4, -0.2) is 27.9 Å². The van der Waals surface area contributed by atoms with Crippen molar-refractivity contribution in [2.24, 2.45) is 0 Å². The lowest BCUT2D eigenvalue weighted by molar-refractivity contribution is 0.612. The molecule has 3 nitrogen and oxygen atoms in total. The highest BCUT2D eigenvalue weighted by molar-refractivity contribution is 9.09. The summed E-state index contributed by atoms with van der Waals surface area (Å²) < 4.78 is 12.5. The second-order valence-electron chi connectivity index (χ2n) is 3.03. The predicted octanol–water partition coefficient (Wildman–Crippen LogP) is 1.59. The smallest absolute Gasteiger partial charge is 0.225 e. The van der Waals surface area contributed by atoms with Crippen LogP contribution in [0.2, 0.25) is 0 Å². The molecule has 0 spiro atoms. The fourth-order valence-electron chi connectivity index (χ4n) is 1.37. The van der Waals surface area contributed by atoms with Crippen molar-refractivity contribution < 1.29 is 4.39 Å². The molecule has 1 aliphatic heterocycles. The summed E-state index contributed by atoms with van der Waals surface area (Å²) >= 11 is 3.52. The Bertz CT molecular complexity index is 290. The Morgan fingerprint density at radius 2 is 2.15 bits per heavy atom. The molecule has 0 N–H and O–H groups in total. The Labute approximate surface area is 84.1 Å². The molecule has 0 aromatic carbocycles. The first-order valence-electron chi connectivity index (χ1n) is 4.12. The molecule has 0 bridgehead atoms. The first-order chi connectivity index (χ1) is 6.25. The number of anilines is 1. The summed E-state index contributed by atoms with van der Waals surface area (Å²) in [5.74, 6) is 0.224. The Hall–Kier alpha value is -0.710. The van der Waals surface area contributed by atoms with Gasteiger partial charge in [0, 0.05) is 17.9 Å². The average Bonchev–Trinajstić information content (AvgIpc) is 2.53. The number of rotatable bonds is 1. The van der Waals surface area contributed by atoms with Gasteiger partial charge in [-0.15, -0.1) is 0 Å². The maximum absolute atomic E-state index is 12.5. The molecule has 1 fully saturated rings. The van der Waals surface area contributed by atoms with Crippen LogP contribution in [0.3, 0.4) is 0 Å². The molecule has 5 heteroatoms. The van der Waals surface area contributed by atoms with E-state index in [-0.39, 0.29) is 0 Å². The summed E-state index contributed by atoms with van der Waals surface area (Å²) in [5.41, 5.74) is 0. The molecule has 1 unspecified atom stereocenters. The fraction of sp³-hybridized carbons (Fsp3) is 0.500. The van der Waals surface area contributed by atoms with Crippen LogP contribution < -0.4 is 4.90 Å². The molecule has 0 saturated carbocycles. The Morgan fingerprint density at radius 1 is 1.46 bits per heavy atom. The van der Waals surface area contributed by atoms with Gasteiger partial charge in [0.25, 0.3) is 0 Å². The van der Waals surface area contributed by atoms with Gasteiger partial charge in [0.2, 0.25) is 5.95 Å². The van der Waals surface area contributed by atoms with E-state index in [1.54, 1.807) is 0 Å². The van der Waals surface area contributed by atoms with Gasteiger partial charge in [0.1, 0.15) is 0 Å². The van der Waals surface area contributed by atoms with Crippen molar-refractivity contribution in [1.29, 1.82) is 0 Å². The highest BCUT2D eigenvalue weighted by atomic mass is 79.9. The molecule has 2 heterocycles. The van der Waals surface area contributed by atoms with Gasteiger partial charge in [-0.1, -0.05) is 15.9 Å². The summed E-state index contributed by atoms with van der Waals surface area (Å²) in [6.07, 6.45) is 3.48. The van der Waals surface area contributed by atoms with Crippen LogP contribution >= 0.6 is 15.9 Å². The van der Waals surface area contributed by atoms with Gasteiger partial charge < -0.3 is 4.90 Å². The topological polar surface area (TPSA) is 29.0 Å². The second-order valence-corrected chi connectivity index (χ2v) is 4.33. The number of alkyl halides is 1. The molecule has 2 rings (SSSR count). The maximum Gasteiger partial charge on any atom is 0.225 e. The largest absolute Gasteiger partial charge is 0.340 e. The zero-order valence-corrected chi connectivity index (χ0v) is 8.54. The maximum atomic E-state index is 12.5. The molecule has 0 radical (unpaired) electrons. The SMILES string of the molecule is Fc1cnc(N2CCC(Br)C2)nc1. The van der Waals surface area contributed by atoms with Crippen LogP contribution in [-0.2, 0) is 0 Å². The van der Waals surface area contributed by atoms with Crippen LogP contribution in [0.25, 0.3) is 0 Å². The monoisotopic (exact) mass is 245 g/mol. The second kappa shape index (κ2) is 3.57. The zero-order chi connectivity index (χ0) is 9.26. The minimum Gasteiger partial charge on any atom is -0.340 e. The van der Waals surface area contributed by atoms with Gasteiger partial charge in [0.05, 0.1) is 12.4 Å². The molecule has 1 aliphatic rings. The van der Waals surface area contributed by atoms with E-state index in [0.29, 0.717) is 10.8 Å². The van der Waals surface area contributed by atoms with Gasteiger partial charge in [-0.05, 0) is 6.42 Å². The molecule has 0 aliphatic carbocycles. The molecule has 70 valence electrons. The third-order valence-corrected chi connectivity index (χ3v) is 2.77. The van der Waals surface area contributed by atoms with Crippen LogP contribution in [0.1, 0.15) is 6.42 Å². The molecular weight excluding hydrogens is 237 g/mol. The quantitative estimate of drug-likeness (QED) is 0.704. The van der Waals surface area contributed by atoms with Gasteiger partial charge in [-0.25, -0.2) is 14.4 Å². The predicted molar refractivity (Wildman–Crippen MR) is 51.5 cm³/mol. The molecule has 0 amide bonds. The fourth-order valence-corrected chi connectivity index (χ4v) is 1.92. The lowest BCUT2D eigenvalue weighted by atomic mass is 10.4. The van der Waals surface area contributed by atoms with Crippen LogP contribution in [0.4, 0.5) is 10.3 Å². The van der Waals surface area contributed by atoms with Crippen LogP contribution in [0.15, 0.2) is 12.4 Å². The number of hydrogen-bond acceptors (Lipinski definition) is 3. The van der Waals surface area contributed by atoms with Crippen LogP contribution in [0.5, 0.6) is 0 Å². The highest BCUT2D eigenvalue weighted by Gasteiger charge is 2.21. The zero-order valence-electron chi connectivity index (χ0n) is 6.95. The van der Waals surface area contributed by atoms with Gasteiger partial charge in [-0.3, -0.25) is 0 Å². The third-order valence-electron chi connectivity index (χ3n) is 2.02.